The van der Waals surface area contributed by atoms with E-state index in [-0.39, 0.29) is 18.3 Å². The Hall–Kier alpha value is -0.970. The molecule has 2 aliphatic heterocycles. The highest BCUT2D eigenvalue weighted by Crippen LogP contribution is 2.35. The summed E-state index contributed by atoms with van der Waals surface area (Å²) < 4.78 is 5.64. The fraction of sp³-hybridized carbons (Fsp3) is 0.533. The summed E-state index contributed by atoms with van der Waals surface area (Å²) in [7, 11) is 0. The molecule has 2 heterocycles. The maximum absolute atomic E-state index is 12.4. The SMILES string of the molecule is CC1Oc2ccc(Cl)cc2N(CC[NH+]2CCCC2)C1=O.[Cl-]. The van der Waals surface area contributed by atoms with Gasteiger partial charge in [-0.2, -0.15) is 0 Å². The largest absolute Gasteiger partial charge is 1.00 e. The van der Waals surface area contributed by atoms with Crippen molar-refractivity contribution in [3.8, 4) is 5.75 Å². The van der Waals surface area contributed by atoms with E-state index in [1.165, 1.54) is 25.9 Å². The zero-order chi connectivity index (χ0) is 14.1. The first-order valence-electron chi connectivity index (χ1n) is 7.26. The van der Waals surface area contributed by atoms with Crippen LogP contribution in [0.4, 0.5) is 5.69 Å². The van der Waals surface area contributed by atoms with Gasteiger partial charge in [-0.05, 0) is 25.1 Å². The molecule has 0 bridgehead atoms. The van der Waals surface area contributed by atoms with Crippen molar-refractivity contribution < 1.29 is 26.8 Å². The number of benzene rings is 1. The van der Waals surface area contributed by atoms with E-state index in [2.05, 4.69) is 0 Å². The van der Waals surface area contributed by atoms with Gasteiger partial charge in [0, 0.05) is 17.9 Å². The number of hydrogen-bond acceptors (Lipinski definition) is 2. The fourth-order valence-corrected chi connectivity index (χ4v) is 3.17. The molecule has 21 heavy (non-hydrogen) atoms. The summed E-state index contributed by atoms with van der Waals surface area (Å²) in [5, 5.41) is 0.633. The minimum absolute atomic E-state index is 0. The minimum Gasteiger partial charge on any atom is -1.00 e. The van der Waals surface area contributed by atoms with Crippen molar-refractivity contribution in [1.29, 1.82) is 0 Å². The molecule has 1 atom stereocenters. The summed E-state index contributed by atoms with van der Waals surface area (Å²) in [6.07, 6.45) is 2.17. The second kappa shape index (κ2) is 6.86. The predicted octanol–water partition coefficient (Wildman–Crippen LogP) is -1.86. The van der Waals surface area contributed by atoms with Crippen molar-refractivity contribution in [1.82, 2.24) is 0 Å². The summed E-state index contributed by atoms with van der Waals surface area (Å²) in [6.45, 7) is 5.96. The Labute approximate surface area is 136 Å². The van der Waals surface area contributed by atoms with Crippen molar-refractivity contribution >= 4 is 23.2 Å². The van der Waals surface area contributed by atoms with E-state index in [0.717, 1.165) is 24.5 Å². The van der Waals surface area contributed by atoms with Crippen LogP contribution < -0.4 is 26.9 Å². The van der Waals surface area contributed by atoms with Gasteiger partial charge in [0.15, 0.2) is 6.10 Å². The zero-order valence-corrected chi connectivity index (χ0v) is 13.6. The van der Waals surface area contributed by atoms with Crippen LogP contribution in [0.25, 0.3) is 0 Å². The van der Waals surface area contributed by atoms with Gasteiger partial charge in [-0.1, -0.05) is 11.6 Å². The molecule has 1 fully saturated rings. The molecule has 1 unspecified atom stereocenters. The molecular weight excluding hydrogens is 311 g/mol. The van der Waals surface area contributed by atoms with Crippen LogP contribution in [0.3, 0.4) is 0 Å². The van der Waals surface area contributed by atoms with Gasteiger partial charge in [0.05, 0.1) is 31.9 Å². The Morgan fingerprint density at radius 1 is 1.38 bits per heavy atom. The van der Waals surface area contributed by atoms with Crippen molar-refractivity contribution in [3.05, 3.63) is 23.2 Å². The molecule has 2 aliphatic rings. The maximum Gasteiger partial charge on any atom is 0.268 e. The van der Waals surface area contributed by atoms with Gasteiger partial charge in [-0.3, -0.25) is 4.79 Å². The van der Waals surface area contributed by atoms with E-state index >= 15 is 0 Å². The Morgan fingerprint density at radius 2 is 2.10 bits per heavy atom. The molecule has 1 saturated heterocycles. The van der Waals surface area contributed by atoms with Gasteiger partial charge in [-0.25, -0.2) is 0 Å². The van der Waals surface area contributed by atoms with Crippen LogP contribution in [-0.2, 0) is 4.79 Å². The first-order chi connectivity index (χ1) is 9.65. The third-order valence-corrected chi connectivity index (χ3v) is 4.36. The molecule has 0 radical (unpaired) electrons. The predicted molar refractivity (Wildman–Crippen MR) is 78.7 cm³/mol. The number of rotatable bonds is 3. The highest BCUT2D eigenvalue weighted by Gasteiger charge is 2.32. The second-order valence-corrected chi connectivity index (χ2v) is 6.01. The normalized spacial score (nSPS) is 21.7. The van der Waals surface area contributed by atoms with Gasteiger partial charge in [0.1, 0.15) is 5.75 Å². The summed E-state index contributed by atoms with van der Waals surface area (Å²) in [6, 6.07) is 5.46. The molecule has 1 amide bonds. The minimum atomic E-state index is -0.419. The molecule has 0 saturated carbocycles. The van der Waals surface area contributed by atoms with Gasteiger partial charge in [0.2, 0.25) is 0 Å². The monoisotopic (exact) mass is 330 g/mol. The molecule has 4 nitrogen and oxygen atoms in total. The van der Waals surface area contributed by atoms with Gasteiger partial charge in [-0.15, -0.1) is 0 Å². The Kier molecular flexibility index (Phi) is 5.36. The topological polar surface area (TPSA) is 34.0 Å². The maximum atomic E-state index is 12.4. The van der Waals surface area contributed by atoms with Crippen molar-refractivity contribution in [2.45, 2.75) is 25.9 Å². The lowest BCUT2D eigenvalue weighted by Crippen LogP contribution is -3.10. The molecule has 116 valence electrons. The van der Waals surface area contributed by atoms with E-state index in [1.54, 1.807) is 17.9 Å². The van der Waals surface area contributed by atoms with E-state index in [9.17, 15) is 4.79 Å². The lowest BCUT2D eigenvalue weighted by molar-refractivity contribution is -0.885. The average molecular weight is 331 g/mol. The lowest BCUT2D eigenvalue weighted by Gasteiger charge is -2.33. The number of carbonyl (C=O) groups excluding carboxylic acids is 1. The summed E-state index contributed by atoms with van der Waals surface area (Å²) >= 11 is 6.05. The van der Waals surface area contributed by atoms with Crippen LogP contribution in [0.15, 0.2) is 18.2 Å². The number of likely N-dealkylation sites (tertiary alicyclic amines) is 1. The number of fused-ring (bicyclic) bond motifs is 1. The number of nitrogens with zero attached hydrogens (tertiary/aromatic N) is 1. The number of anilines is 1. The van der Waals surface area contributed by atoms with Crippen LogP contribution in [0.5, 0.6) is 5.75 Å². The van der Waals surface area contributed by atoms with Crippen LogP contribution in [0.2, 0.25) is 5.02 Å². The summed E-state index contributed by atoms with van der Waals surface area (Å²) in [5.74, 6) is 0.774. The van der Waals surface area contributed by atoms with Crippen molar-refractivity contribution in [2.75, 3.05) is 31.1 Å². The van der Waals surface area contributed by atoms with Crippen LogP contribution in [0.1, 0.15) is 19.8 Å². The molecular formula is C15H20Cl2N2O2. The molecule has 3 rings (SSSR count). The van der Waals surface area contributed by atoms with Crippen molar-refractivity contribution in [2.24, 2.45) is 0 Å². The van der Waals surface area contributed by atoms with Crippen LogP contribution in [-0.4, -0.2) is 38.2 Å². The number of hydrogen-bond donors (Lipinski definition) is 1. The van der Waals surface area contributed by atoms with E-state index in [4.69, 9.17) is 16.3 Å². The molecule has 0 aromatic heterocycles. The quantitative estimate of drug-likeness (QED) is 0.705. The number of carbonyl (C=O) groups is 1. The molecule has 6 heteroatoms. The average Bonchev–Trinajstić information content (AvgIpc) is 2.93. The standard InChI is InChI=1S/C15H19ClN2O2.ClH/c1-11-15(19)18(9-8-17-6-2-3-7-17)13-10-12(16)4-5-14(13)20-11;/h4-5,10-11H,2-3,6-9H2,1H3;1H. The van der Waals surface area contributed by atoms with E-state index in [1.807, 2.05) is 17.0 Å². The molecule has 1 aromatic rings. The number of halogens is 2. The highest BCUT2D eigenvalue weighted by atomic mass is 35.5. The van der Waals surface area contributed by atoms with E-state index in [0.29, 0.717) is 5.02 Å². The van der Waals surface area contributed by atoms with Crippen LogP contribution in [0, 0.1) is 0 Å². The van der Waals surface area contributed by atoms with Crippen LogP contribution >= 0.6 is 11.6 Å². The third-order valence-electron chi connectivity index (χ3n) is 4.13. The first-order valence-corrected chi connectivity index (χ1v) is 7.64. The first kappa shape index (κ1) is 16.4. The number of nitrogens with one attached hydrogen (secondary N) is 1. The Balaban J connectivity index is 0.00000161. The summed E-state index contributed by atoms with van der Waals surface area (Å²) in [4.78, 5) is 15.8. The smallest absolute Gasteiger partial charge is 0.268 e. The Bertz CT molecular complexity index is 518. The molecule has 1 N–H and O–H groups in total. The molecule has 0 spiro atoms. The highest BCUT2D eigenvalue weighted by molar-refractivity contribution is 6.31. The second-order valence-electron chi connectivity index (χ2n) is 5.57. The number of quaternary nitrogens is 1. The third kappa shape index (κ3) is 3.44. The number of amides is 1. The van der Waals surface area contributed by atoms with E-state index < -0.39 is 6.10 Å². The fourth-order valence-electron chi connectivity index (χ4n) is 3.01. The Morgan fingerprint density at radius 3 is 2.81 bits per heavy atom. The molecule has 1 aromatic carbocycles. The van der Waals surface area contributed by atoms with Gasteiger partial charge >= 0.3 is 0 Å². The van der Waals surface area contributed by atoms with Gasteiger partial charge in [0.25, 0.3) is 5.91 Å². The molecule has 0 aliphatic carbocycles. The zero-order valence-electron chi connectivity index (χ0n) is 12.1. The lowest BCUT2D eigenvalue weighted by atomic mass is 10.2. The summed E-state index contributed by atoms with van der Waals surface area (Å²) in [5.41, 5.74) is 0.805. The number of ether oxygens (including phenoxy) is 1. The van der Waals surface area contributed by atoms with Crippen molar-refractivity contribution in [3.63, 3.8) is 0 Å². The van der Waals surface area contributed by atoms with Gasteiger partial charge < -0.3 is 26.9 Å².